The van der Waals surface area contributed by atoms with E-state index in [1.54, 1.807) is 33.1 Å². The van der Waals surface area contributed by atoms with E-state index in [2.05, 4.69) is 4.90 Å². The number of allylic oxidation sites excluding steroid dienone is 1. The highest BCUT2D eigenvalue weighted by Gasteiger charge is 2.40. The summed E-state index contributed by atoms with van der Waals surface area (Å²) in [7, 11) is 4.76. The largest absolute Gasteiger partial charge is 0.493 e. The van der Waals surface area contributed by atoms with Crippen molar-refractivity contribution in [2.45, 2.75) is 38.4 Å². The van der Waals surface area contributed by atoms with Crippen molar-refractivity contribution in [2.75, 3.05) is 34.4 Å². The Morgan fingerprint density at radius 1 is 0.975 bits per heavy atom. The normalized spacial score (nSPS) is 18.1. The molecule has 4 rings (SSSR count). The Hall–Kier alpha value is -3.99. The maximum atomic E-state index is 13.2. The zero-order valence-electron chi connectivity index (χ0n) is 22.6. The Kier molecular flexibility index (Phi) is 8.15. The molecule has 2 aliphatic heterocycles. The van der Waals surface area contributed by atoms with Gasteiger partial charge >= 0.3 is 18.1 Å². The van der Waals surface area contributed by atoms with E-state index in [1.807, 2.05) is 12.1 Å². The number of hydrogen-bond donors (Lipinski definition) is 2. The number of fused-ring (bicyclic) bond motifs is 1. The minimum Gasteiger partial charge on any atom is -0.493 e. The van der Waals surface area contributed by atoms with E-state index in [9.17, 15) is 33.0 Å². The number of carbonyl (C=O) groups is 2. The summed E-state index contributed by atoms with van der Waals surface area (Å²) in [6.45, 7) is 3.39. The van der Waals surface area contributed by atoms with E-state index < -0.39 is 29.6 Å². The van der Waals surface area contributed by atoms with E-state index in [0.717, 1.165) is 48.4 Å². The van der Waals surface area contributed by atoms with Gasteiger partial charge in [-0.25, -0.2) is 9.59 Å². The molecule has 0 saturated carbocycles. The molecule has 2 heterocycles. The van der Waals surface area contributed by atoms with Gasteiger partial charge in [0.15, 0.2) is 11.5 Å². The molecule has 0 fully saturated rings. The Labute approximate surface area is 229 Å². The molecule has 1 unspecified atom stereocenters. The van der Waals surface area contributed by atoms with Crippen molar-refractivity contribution in [1.82, 2.24) is 9.80 Å². The molecular weight excluding hydrogens is 529 g/mol. The quantitative estimate of drug-likeness (QED) is 0.471. The molecule has 8 nitrogen and oxygen atoms in total. The number of aliphatic carboxylic acids is 2. The Balaban J connectivity index is 1.67. The van der Waals surface area contributed by atoms with Gasteiger partial charge in [0.2, 0.25) is 0 Å². The summed E-state index contributed by atoms with van der Waals surface area (Å²) in [5.74, 6) is -2.61. The first-order valence-corrected chi connectivity index (χ1v) is 12.6. The number of carboxylic acid groups (broad SMARTS) is 2. The van der Waals surface area contributed by atoms with Crippen LogP contribution in [0.4, 0.5) is 13.2 Å². The lowest BCUT2D eigenvalue weighted by molar-refractivity contribution is -0.138. The maximum absolute atomic E-state index is 13.2. The lowest BCUT2D eigenvalue weighted by atomic mass is 9.79. The topological polar surface area (TPSA) is 99.5 Å². The second-order valence-electron chi connectivity index (χ2n) is 9.83. The van der Waals surface area contributed by atoms with Gasteiger partial charge in [0, 0.05) is 44.5 Å². The van der Waals surface area contributed by atoms with Gasteiger partial charge in [-0.15, -0.1) is 0 Å². The van der Waals surface area contributed by atoms with Crippen LogP contribution in [0.15, 0.2) is 58.9 Å². The third-order valence-electron chi connectivity index (χ3n) is 7.68. The van der Waals surface area contributed by atoms with Crippen molar-refractivity contribution in [2.24, 2.45) is 0 Å². The van der Waals surface area contributed by atoms with Gasteiger partial charge in [-0.1, -0.05) is 12.1 Å². The van der Waals surface area contributed by atoms with Crippen molar-refractivity contribution in [3.05, 3.63) is 81.2 Å². The van der Waals surface area contributed by atoms with Gasteiger partial charge in [-0.05, 0) is 54.3 Å². The molecule has 214 valence electrons. The second kappa shape index (κ2) is 11.2. The molecule has 2 aliphatic rings. The van der Waals surface area contributed by atoms with E-state index >= 15 is 0 Å². The molecule has 0 spiro atoms. The minimum absolute atomic E-state index is 0.158. The van der Waals surface area contributed by atoms with E-state index in [0.29, 0.717) is 42.4 Å². The summed E-state index contributed by atoms with van der Waals surface area (Å²) < 4.78 is 50.3. The molecule has 2 aromatic carbocycles. The number of alkyl halides is 3. The van der Waals surface area contributed by atoms with Crippen LogP contribution in [0.5, 0.6) is 11.5 Å². The van der Waals surface area contributed by atoms with Crippen LogP contribution >= 0.6 is 0 Å². The number of benzene rings is 2. The maximum Gasteiger partial charge on any atom is 0.416 e. The van der Waals surface area contributed by atoms with Crippen LogP contribution in [0.25, 0.3) is 0 Å². The molecule has 0 aromatic heterocycles. The predicted molar refractivity (Wildman–Crippen MR) is 140 cm³/mol. The monoisotopic (exact) mass is 560 g/mol. The highest BCUT2D eigenvalue weighted by molar-refractivity contribution is 5.98. The molecular formula is C29H31F3N2O6. The summed E-state index contributed by atoms with van der Waals surface area (Å²) in [5.41, 5.74) is 1.88. The molecule has 0 radical (unpaired) electrons. The molecule has 1 atom stereocenters. The van der Waals surface area contributed by atoms with E-state index in [-0.39, 0.29) is 16.7 Å². The fourth-order valence-corrected chi connectivity index (χ4v) is 5.51. The van der Waals surface area contributed by atoms with Gasteiger partial charge in [-0.3, -0.25) is 4.90 Å². The molecule has 2 N–H and O–H groups in total. The van der Waals surface area contributed by atoms with Crippen LogP contribution in [0.2, 0.25) is 0 Å². The third-order valence-corrected chi connectivity index (χ3v) is 7.68. The fourth-order valence-electron chi connectivity index (χ4n) is 5.51. The SMILES string of the molecule is COc1cc2c(cc1OC)CN(CCC1=C(C(=O)O)C(c3ccc(C(F)(F)F)cc3)C(C(=O)O)=C(C)N1C)CC2. The summed E-state index contributed by atoms with van der Waals surface area (Å²) >= 11 is 0. The van der Waals surface area contributed by atoms with Gasteiger partial charge < -0.3 is 24.6 Å². The highest BCUT2D eigenvalue weighted by Crippen LogP contribution is 2.43. The van der Waals surface area contributed by atoms with Gasteiger partial charge in [0.25, 0.3) is 0 Å². The zero-order chi connectivity index (χ0) is 29.4. The first-order chi connectivity index (χ1) is 18.9. The van der Waals surface area contributed by atoms with Gasteiger partial charge in [0.1, 0.15) is 0 Å². The van der Waals surface area contributed by atoms with Crippen molar-refractivity contribution in [1.29, 1.82) is 0 Å². The third kappa shape index (κ3) is 5.51. The molecule has 0 aliphatic carbocycles. The molecule has 0 amide bonds. The number of nitrogens with zero attached hydrogens (tertiary/aromatic N) is 2. The van der Waals surface area contributed by atoms with Crippen molar-refractivity contribution < 1.29 is 42.4 Å². The predicted octanol–water partition coefficient (Wildman–Crippen LogP) is 4.90. The van der Waals surface area contributed by atoms with Crippen LogP contribution in [-0.4, -0.2) is 66.3 Å². The summed E-state index contributed by atoms with van der Waals surface area (Å²) in [6, 6.07) is 7.88. The van der Waals surface area contributed by atoms with Crippen LogP contribution in [0, 0.1) is 0 Å². The molecule has 40 heavy (non-hydrogen) atoms. The Morgan fingerprint density at radius 2 is 1.55 bits per heavy atom. The zero-order valence-corrected chi connectivity index (χ0v) is 22.6. The smallest absolute Gasteiger partial charge is 0.416 e. The van der Waals surface area contributed by atoms with Gasteiger partial charge in [-0.2, -0.15) is 13.2 Å². The van der Waals surface area contributed by atoms with Crippen molar-refractivity contribution in [3.8, 4) is 11.5 Å². The molecule has 2 aromatic rings. The summed E-state index contributed by atoms with van der Waals surface area (Å²) in [6.07, 6.45) is -3.53. The molecule has 11 heteroatoms. The second-order valence-corrected chi connectivity index (χ2v) is 9.83. The lowest BCUT2D eigenvalue weighted by Crippen LogP contribution is -2.36. The number of halogens is 3. The number of rotatable bonds is 8. The molecule has 0 saturated heterocycles. The van der Waals surface area contributed by atoms with Crippen LogP contribution in [0.1, 0.15) is 41.5 Å². The summed E-state index contributed by atoms with van der Waals surface area (Å²) in [4.78, 5) is 28.7. The van der Waals surface area contributed by atoms with Crippen LogP contribution < -0.4 is 9.47 Å². The number of methoxy groups -OCH3 is 2. The number of ether oxygens (including phenoxy) is 2. The number of hydrogen-bond acceptors (Lipinski definition) is 6. The minimum atomic E-state index is -4.58. The van der Waals surface area contributed by atoms with E-state index in [4.69, 9.17) is 9.47 Å². The lowest BCUT2D eigenvalue weighted by Gasteiger charge is -2.37. The Bertz CT molecular complexity index is 1380. The average molecular weight is 561 g/mol. The Morgan fingerprint density at radius 3 is 2.08 bits per heavy atom. The fraction of sp³-hybridized carbons (Fsp3) is 0.379. The van der Waals surface area contributed by atoms with Crippen LogP contribution in [0.3, 0.4) is 0 Å². The van der Waals surface area contributed by atoms with Crippen molar-refractivity contribution >= 4 is 11.9 Å². The number of carboxylic acids is 2. The van der Waals surface area contributed by atoms with Gasteiger partial charge in [0.05, 0.1) is 36.8 Å². The first kappa shape index (κ1) is 29.0. The molecule has 0 bridgehead atoms. The van der Waals surface area contributed by atoms with E-state index in [1.165, 1.54) is 0 Å². The highest BCUT2D eigenvalue weighted by atomic mass is 19.4. The first-order valence-electron chi connectivity index (χ1n) is 12.6. The average Bonchev–Trinajstić information content (AvgIpc) is 2.91. The van der Waals surface area contributed by atoms with Crippen molar-refractivity contribution in [3.63, 3.8) is 0 Å². The standard InChI is InChI=1S/C29H31F3N2O6/c1-16-24(27(35)36)25(17-5-7-20(8-6-17)29(30,31)32)26(28(37)38)21(33(16)2)10-12-34-11-9-18-13-22(39-3)23(40-4)14-19(18)15-34/h5-8,13-14,25H,9-12,15H2,1-4H3,(H,35,36)(H,37,38). The van der Waals surface area contributed by atoms with Crippen LogP contribution in [-0.2, 0) is 28.7 Å². The summed E-state index contributed by atoms with van der Waals surface area (Å²) in [5, 5.41) is 20.3.